The second kappa shape index (κ2) is 9.23. The van der Waals surface area contributed by atoms with Gasteiger partial charge in [0.1, 0.15) is 17.4 Å². The van der Waals surface area contributed by atoms with Gasteiger partial charge in [0.25, 0.3) is 5.56 Å². The number of aromatic amines is 1. The van der Waals surface area contributed by atoms with Gasteiger partial charge in [-0.15, -0.1) is 10.2 Å². The van der Waals surface area contributed by atoms with Crippen molar-refractivity contribution < 1.29 is 9.53 Å². The van der Waals surface area contributed by atoms with Crippen molar-refractivity contribution in [3.63, 3.8) is 0 Å². The van der Waals surface area contributed by atoms with Crippen LogP contribution >= 0.6 is 11.8 Å². The number of anilines is 1. The zero-order chi connectivity index (χ0) is 22.7. The number of carbonyl (C=O) groups excluding carboxylic acids is 1. The summed E-state index contributed by atoms with van der Waals surface area (Å²) in [6.45, 7) is 1.93. The number of nitrogens with zero attached hydrogens (tertiary/aromatic N) is 4. The summed E-state index contributed by atoms with van der Waals surface area (Å²) in [4.78, 5) is 32.3. The van der Waals surface area contributed by atoms with Crippen molar-refractivity contribution in [2.75, 3.05) is 12.4 Å². The minimum atomic E-state index is -0.227. The Morgan fingerprint density at radius 2 is 1.94 bits per heavy atom. The first-order valence-electron chi connectivity index (χ1n) is 9.93. The fraction of sp³-hybridized carbons (Fsp3) is 0.227. The second-order valence-corrected chi connectivity index (χ2v) is 8.42. The Balaban J connectivity index is 1.47. The van der Waals surface area contributed by atoms with Crippen molar-refractivity contribution in [3.05, 3.63) is 70.5 Å². The van der Waals surface area contributed by atoms with Crippen LogP contribution in [0.1, 0.15) is 23.8 Å². The lowest BCUT2D eigenvalue weighted by Crippen LogP contribution is -2.17. The summed E-state index contributed by atoms with van der Waals surface area (Å²) < 4.78 is 7.03. The molecule has 4 rings (SSSR count). The van der Waals surface area contributed by atoms with E-state index >= 15 is 0 Å². The Morgan fingerprint density at radius 3 is 2.75 bits per heavy atom. The highest BCUT2D eigenvalue weighted by atomic mass is 32.2. The van der Waals surface area contributed by atoms with Crippen molar-refractivity contribution >= 4 is 34.3 Å². The van der Waals surface area contributed by atoms with Gasteiger partial charge in [0.2, 0.25) is 5.91 Å². The highest BCUT2D eigenvalue weighted by Gasteiger charge is 2.19. The zero-order valence-electron chi connectivity index (χ0n) is 17.8. The first-order valence-corrected chi connectivity index (χ1v) is 10.8. The molecule has 2 aromatic heterocycles. The molecule has 0 aliphatic carbocycles. The van der Waals surface area contributed by atoms with Crippen LogP contribution in [0.25, 0.3) is 10.9 Å². The Hall–Kier alpha value is -3.66. The molecule has 1 amide bonds. The molecule has 164 valence electrons. The van der Waals surface area contributed by atoms with Gasteiger partial charge in [-0.1, -0.05) is 36.0 Å². The van der Waals surface area contributed by atoms with Gasteiger partial charge in [0, 0.05) is 7.05 Å². The fourth-order valence-electron chi connectivity index (χ4n) is 3.20. The number of para-hydroxylation sites is 3. The van der Waals surface area contributed by atoms with Crippen molar-refractivity contribution in [3.8, 4) is 5.75 Å². The summed E-state index contributed by atoms with van der Waals surface area (Å²) in [7, 11) is 3.35. The van der Waals surface area contributed by atoms with E-state index in [4.69, 9.17) is 4.74 Å². The van der Waals surface area contributed by atoms with Crippen LogP contribution < -0.4 is 15.6 Å². The maximum Gasteiger partial charge on any atom is 0.258 e. The van der Waals surface area contributed by atoms with E-state index in [0.29, 0.717) is 39.1 Å². The quantitative estimate of drug-likeness (QED) is 0.416. The van der Waals surface area contributed by atoms with Crippen LogP contribution in [-0.4, -0.2) is 37.7 Å². The van der Waals surface area contributed by atoms with E-state index in [9.17, 15) is 9.59 Å². The summed E-state index contributed by atoms with van der Waals surface area (Å²) in [5, 5.41) is 12.2. The number of hydrogen-bond acceptors (Lipinski definition) is 7. The molecule has 0 radical (unpaired) electrons. The molecule has 2 heterocycles. The highest BCUT2D eigenvalue weighted by Crippen LogP contribution is 2.32. The van der Waals surface area contributed by atoms with Gasteiger partial charge in [0.15, 0.2) is 5.16 Å². The topological polar surface area (TPSA) is 115 Å². The average molecular weight is 451 g/mol. The molecule has 0 unspecified atom stereocenters. The number of ether oxygens (including phenoxy) is 1. The Bertz CT molecular complexity index is 1330. The number of carbonyl (C=O) groups is 1. The number of hydrogen-bond donors (Lipinski definition) is 2. The molecule has 9 nitrogen and oxygen atoms in total. The molecule has 1 atom stereocenters. The Kier molecular flexibility index (Phi) is 6.22. The highest BCUT2D eigenvalue weighted by molar-refractivity contribution is 7.99. The van der Waals surface area contributed by atoms with Gasteiger partial charge in [-0.2, -0.15) is 0 Å². The first kappa shape index (κ1) is 21.6. The van der Waals surface area contributed by atoms with Gasteiger partial charge < -0.3 is 19.6 Å². The van der Waals surface area contributed by atoms with Gasteiger partial charge in [0.05, 0.1) is 35.4 Å². The molecular weight excluding hydrogens is 428 g/mol. The maximum atomic E-state index is 12.5. The number of thioether (sulfide) groups is 1. The number of benzene rings is 2. The molecule has 0 aliphatic heterocycles. The third kappa shape index (κ3) is 4.50. The lowest BCUT2D eigenvalue weighted by atomic mass is 10.2. The average Bonchev–Trinajstić information content (AvgIpc) is 3.13. The normalized spacial score (nSPS) is 12.0. The van der Waals surface area contributed by atoms with E-state index in [1.165, 1.54) is 11.8 Å². The Labute approximate surface area is 188 Å². The molecule has 0 aliphatic rings. The largest absolute Gasteiger partial charge is 0.495 e. The van der Waals surface area contributed by atoms with E-state index in [1.807, 2.05) is 37.3 Å². The van der Waals surface area contributed by atoms with E-state index in [0.717, 1.165) is 0 Å². The smallest absolute Gasteiger partial charge is 0.258 e. The molecule has 2 aromatic carbocycles. The number of amides is 1. The third-order valence-corrected chi connectivity index (χ3v) is 6.07. The molecule has 0 fully saturated rings. The molecule has 32 heavy (non-hydrogen) atoms. The summed E-state index contributed by atoms with van der Waals surface area (Å²) >= 11 is 1.40. The fourth-order valence-corrected chi connectivity index (χ4v) is 4.09. The van der Waals surface area contributed by atoms with Gasteiger partial charge in [-0.05, 0) is 31.2 Å². The SMILES string of the molecule is COc1ccccc1NC(=O)Cc1nnc(S[C@@H](C)c2nc3ccccc3c(=O)[nH]2)n1C. The Morgan fingerprint density at radius 1 is 1.19 bits per heavy atom. The summed E-state index contributed by atoms with van der Waals surface area (Å²) in [6.07, 6.45) is 0.0571. The summed E-state index contributed by atoms with van der Waals surface area (Å²) in [5.74, 6) is 1.43. The van der Waals surface area contributed by atoms with Crippen LogP contribution in [0, 0.1) is 0 Å². The number of methoxy groups -OCH3 is 1. The molecular formula is C22H22N6O3S. The number of fused-ring (bicyclic) bond motifs is 1. The number of H-pyrrole nitrogens is 1. The van der Waals surface area contributed by atoms with Crippen LogP contribution in [-0.2, 0) is 18.3 Å². The van der Waals surface area contributed by atoms with Crippen LogP contribution in [0.15, 0.2) is 58.5 Å². The van der Waals surface area contributed by atoms with Crippen LogP contribution in [0.5, 0.6) is 5.75 Å². The number of rotatable bonds is 7. The maximum absolute atomic E-state index is 12.5. The van der Waals surface area contributed by atoms with E-state index in [2.05, 4.69) is 25.5 Å². The number of aromatic nitrogens is 5. The van der Waals surface area contributed by atoms with E-state index in [1.54, 1.807) is 36.9 Å². The van der Waals surface area contributed by atoms with E-state index < -0.39 is 0 Å². The van der Waals surface area contributed by atoms with Crippen molar-refractivity contribution in [1.82, 2.24) is 24.7 Å². The molecule has 0 saturated heterocycles. The minimum absolute atomic E-state index is 0.0571. The first-order chi connectivity index (χ1) is 15.5. The molecule has 4 aromatic rings. The lowest BCUT2D eigenvalue weighted by Gasteiger charge is -2.11. The van der Waals surface area contributed by atoms with Gasteiger partial charge in [-0.3, -0.25) is 9.59 Å². The monoisotopic (exact) mass is 450 g/mol. The van der Waals surface area contributed by atoms with Gasteiger partial charge >= 0.3 is 0 Å². The van der Waals surface area contributed by atoms with Gasteiger partial charge in [-0.25, -0.2) is 4.98 Å². The molecule has 2 N–H and O–H groups in total. The molecule has 10 heteroatoms. The van der Waals surface area contributed by atoms with Crippen LogP contribution in [0.4, 0.5) is 5.69 Å². The summed E-state index contributed by atoms with van der Waals surface area (Å²) in [6, 6.07) is 14.4. The van der Waals surface area contributed by atoms with Crippen molar-refractivity contribution in [2.45, 2.75) is 23.8 Å². The zero-order valence-corrected chi connectivity index (χ0v) is 18.6. The third-order valence-electron chi connectivity index (χ3n) is 4.92. The molecule has 0 bridgehead atoms. The minimum Gasteiger partial charge on any atom is -0.495 e. The summed E-state index contributed by atoms with van der Waals surface area (Å²) in [5.41, 5.74) is 1.06. The van der Waals surface area contributed by atoms with Crippen LogP contribution in [0.3, 0.4) is 0 Å². The lowest BCUT2D eigenvalue weighted by molar-refractivity contribution is -0.115. The van der Waals surface area contributed by atoms with Crippen LogP contribution in [0.2, 0.25) is 0 Å². The molecule has 0 saturated carbocycles. The van der Waals surface area contributed by atoms with Crippen molar-refractivity contribution in [2.24, 2.45) is 7.05 Å². The predicted molar refractivity (Wildman–Crippen MR) is 123 cm³/mol. The standard InChI is InChI=1S/C22H22N6O3S/c1-13(20-24-15-9-5-4-8-14(15)21(30)25-20)32-22-27-26-18(28(22)2)12-19(29)23-16-10-6-7-11-17(16)31-3/h4-11,13H,12H2,1-3H3,(H,23,29)(H,24,25,30)/t13-/m0/s1. The predicted octanol–water partition coefficient (Wildman–Crippen LogP) is 3.09. The molecule has 0 spiro atoms. The second-order valence-electron chi connectivity index (χ2n) is 7.11. The van der Waals surface area contributed by atoms with Crippen molar-refractivity contribution in [1.29, 1.82) is 0 Å². The number of nitrogens with one attached hydrogen (secondary N) is 2. The van der Waals surface area contributed by atoms with E-state index in [-0.39, 0.29) is 23.1 Å².